The zero-order valence-electron chi connectivity index (χ0n) is 12.3. The number of aryl methyl sites for hydroxylation is 1. The molecule has 5 heteroatoms. The van der Waals surface area contributed by atoms with E-state index in [1.54, 1.807) is 13.0 Å². The van der Waals surface area contributed by atoms with E-state index in [-0.39, 0.29) is 10.6 Å². The summed E-state index contributed by atoms with van der Waals surface area (Å²) in [6.07, 6.45) is 3.40. The van der Waals surface area contributed by atoms with Crippen LogP contribution >= 0.6 is 0 Å². The van der Waals surface area contributed by atoms with E-state index < -0.39 is 0 Å². The second-order valence-corrected chi connectivity index (χ2v) is 5.46. The van der Waals surface area contributed by atoms with Crippen molar-refractivity contribution < 1.29 is 4.92 Å². The maximum atomic E-state index is 11.0. The van der Waals surface area contributed by atoms with Gasteiger partial charge in [0.05, 0.1) is 4.92 Å². The third-order valence-corrected chi connectivity index (χ3v) is 4.04. The molecule has 1 heterocycles. The molecule has 0 aromatic heterocycles. The lowest BCUT2D eigenvalue weighted by molar-refractivity contribution is -0.385. The molecule has 2 rings (SSSR count). The van der Waals surface area contributed by atoms with E-state index >= 15 is 0 Å². The zero-order valence-corrected chi connectivity index (χ0v) is 12.3. The van der Waals surface area contributed by atoms with E-state index in [0.29, 0.717) is 11.6 Å². The quantitative estimate of drug-likeness (QED) is 0.678. The number of nitrogens with zero attached hydrogens (tertiary/aromatic N) is 2. The smallest absolute Gasteiger partial charge is 0.274 e. The van der Waals surface area contributed by atoms with E-state index in [1.807, 2.05) is 12.1 Å². The van der Waals surface area contributed by atoms with Gasteiger partial charge in [0.1, 0.15) is 0 Å². The summed E-state index contributed by atoms with van der Waals surface area (Å²) in [7, 11) is 0. The van der Waals surface area contributed by atoms with Gasteiger partial charge in [-0.2, -0.15) is 0 Å². The van der Waals surface area contributed by atoms with Crippen molar-refractivity contribution in [2.45, 2.75) is 39.2 Å². The van der Waals surface area contributed by atoms with Gasteiger partial charge in [-0.15, -0.1) is 0 Å². The summed E-state index contributed by atoms with van der Waals surface area (Å²) in [5.41, 5.74) is 1.76. The first-order valence-corrected chi connectivity index (χ1v) is 7.34. The molecule has 1 atom stereocenters. The maximum Gasteiger partial charge on any atom is 0.274 e. The molecule has 5 nitrogen and oxygen atoms in total. The Kier molecular flexibility index (Phi) is 4.95. The third kappa shape index (κ3) is 3.70. The molecule has 1 aromatic carbocycles. The fourth-order valence-corrected chi connectivity index (χ4v) is 2.75. The summed E-state index contributed by atoms with van der Waals surface area (Å²) < 4.78 is 0. The van der Waals surface area contributed by atoms with E-state index in [0.717, 1.165) is 38.2 Å². The van der Waals surface area contributed by atoms with Crippen LogP contribution < -0.4 is 5.32 Å². The minimum absolute atomic E-state index is 0.193. The minimum Gasteiger partial charge on any atom is -0.382 e. The Balaban J connectivity index is 2.02. The fourth-order valence-electron chi connectivity index (χ4n) is 2.75. The third-order valence-electron chi connectivity index (χ3n) is 4.04. The molecule has 0 spiro atoms. The number of anilines is 1. The largest absolute Gasteiger partial charge is 0.382 e. The minimum atomic E-state index is -0.313. The van der Waals surface area contributed by atoms with Crippen LogP contribution in [0.3, 0.4) is 0 Å². The van der Waals surface area contributed by atoms with E-state index in [9.17, 15) is 10.1 Å². The van der Waals surface area contributed by atoms with E-state index in [4.69, 9.17) is 0 Å². The fraction of sp³-hybridized carbons (Fsp3) is 0.600. The summed E-state index contributed by atoms with van der Waals surface area (Å²) in [5, 5.41) is 14.4. The first kappa shape index (κ1) is 14.8. The van der Waals surface area contributed by atoms with Crippen LogP contribution in [-0.4, -0.2) is 35.5 Å². The summed E-state index contributed by atoms with van der Waals surface area (Å²) in [4.78, 5) is 13.1. The SMILES string of the molecule is CCN1CCCC(Nc2ccc(C)c([N+](=O)[O-])c2)CC1. The molecule has 1 aromatic rings. The number of rotatable bonds is 4. The molecule has 20 heavy (non-hydrogen) atoms. The number of likely N-dealkylation sites (tertiary alicyclic amines) is 1. The molecule has 0 amide bonds. The normalized spacial score (nSPS) is 20.4. The van der Waals surface area contributed by atoms with Crippen LogP contribution in [0.4, 0.5) is 11.4 Å². The van der Waals surface area contributed by atoms with Gasteiger partial charge in [0.2, 0.25) is 0 Å². The van der Waals surface area contributed by atoms with Gasteiger partial charge in [-0.25, -0.2) is 0 Å². The van der Waals surface area contributed by atoms with Crippen molar-refractivity contribution in [2.75, 3.05) is 25.0 Å². The average molecular weight is 277 g/mol. The van der Waals surface area contributed by atoms with Crippen LogP contribution in [0.2, 0.25) is 0 Å². The average Bonchev–Trinajstić information content (AvgIpc) is 2.66. The van der Waals surface area contributed by atoms with Crippen LogP contribution in [0.5, 0.6) is 0 Å². The van der Waals surface area contributed by atoms with E-state index in [2.05, 4.69) is 17.1 Å². The highest BCUT2D eigenvalue weighted by Gasteiger charge is 2.17. The van der Waals surface area contributed by atoms with Gasteiger partial charge in [0, 0.05) is 29.9 Å². The Labute approximate surface area is 120 Å². The Morgan fingerprint density at radius 1 is 1.40 bits per heavy atom. The molecule has 1 aliphatic heterocycles. The number of hydrogen-bond donors (Lipinski definition) is 1. The van der Waals surface area contributed by atoms with Gasteiger partial charge in [0.25, 0.3) is 5.69 Å². The predicted octanol–water partition coefficient (Wildman–Crippen LogP) is 3.19. The van der Waals surface area contributed by atoms with Crippen LogP contribution in [0, 0.1) is 17.0 Å². The summed E-state index contributed by atoms with van der Waals surface area (Å²) in [5.74, 6) is 0. The number of nitrogens with one attached hydrogen (secondary N) is 1. The zero-order chi connectivity index (χ0) is 14.5. The molecule has 110 valence electrons. The number of hydrogen-bond acceptors (Lipinski definition) is 4. The molecular weight excluding hydrogens is 254 g/mol. The Morgan fingerprint density at radius 2 is 2.20 bits per heavy atom. The molecule has 0 bridgehead atoms. The van der Waals surface area contributed by atoms with E-state index in [1.165, 1.54) is 6.42 Å². The van der Waals surface area contributed by atoms with Crippen LogP contribution in [-0.2, 0) is 0 Å². The number of nitro benzene ring substituents is 1. The van der Waals surface area contributed by atoms with Crippen molar-refractivity contribution in [1.29, 1.82) is 0 Å². The molecule has 0 saturated carbocycles. The van der Waals surface area contributed by atoms with Gasteiger partial charge in [-0.05, 0) is 45.3 Å². The number of nitro groups is 1. The first-order valence-electron chi connectivity index (χ1n) is 7.34. The predicted molar refractivity (Wildman–Crippen MR) is 81.2 cm³/mol. The van der Waals surface area contributed by atoms with Crippen LogP contribution in [0.15, 0.2) is 18.2 Å². The Bertz CT molecular complexity index is 476. The highest BCUT2D eigenvalue weighted by Crippen LogP contribution is 2.24. The van der Waals surface area contributed by atoms with Crippen LogP contribution in [0.1, 0.15) is 31.7 Å². The van der Waals surface area contributed by atoms with Crippen molar-refractivity contribution in [3.63, 3.8) is 0 Å². The molecule has 1 fully saturated rings. The monoisotopic (exact) mass is 277 g/mol. The lowest BCUT2D eigenvalue weighted by Crippen LogP contribution is -2.26. The number of benzene rings is 1. The summed E-state index contributed by atoms with van der Waals surface area (Å²) in [6, 6.07) is 5.81. The van der Waals surface area contributed by atoms with Crippen molar-refractivity contribution in [1.82, 2.24) is 4.90 Å². The van der Waals surface area contributed by atoms with Gasteiger partial charge < -0.3 is 10.2 Å². The topological polar surface area (TPSA) is 58.4 Å². The highest BCUT2D eigenvalue weighted by atomic mass is 16.6. The standard InChI is InChI=1S/C15H23N3O2/c1-3-17-9-4-5-13(8-10-17)16-14-7-6-12(2)15(11-14)18(19)20/h6-7,11,13,16H,3-5,8-10H2,1-2H3. The molecule has 1 N–H and O–H groups in total. The first-order chi connectivity index (χ1) is 9.60. The Morgan fingerprint density at radius 3 is 2.90 bits per heavy atom. The Hall–Kier alpha value is -1.62. The maximum absolute atomic E-state index is 11.0. The summed E-state index contributed by atoms with van der Waals surface area (Å²) in [6.45, 7) is 7.32. The molecule has 0 aliphatic carbocycles. The molecular formula is C15H23N3O2. The van der Waals surface area contributed by atoms with Crippen molar-refractivity contribution >= 4 is 11.4 Å². The van der Waals surface area contributed by atoms with Crippen molar-refractivity contribution in [3.8, 4) is 0 Å². The summed E-state index contributed by atoms with van der Waals surface area (Å²) >= 11 is 0. The lowest BCUT2D eigenvalue weighted by atomic mass is 10.1. The van der Waals surface area contributed by atoms with Gasteiger partial charge >= 0.3 is 0 Å². The molecule has 1 saturated heterocycles. The van der Waals surface area contributed by atoms with Gasteiger partial charge in [-0.3, -0.25) is 10.1 Å². The van der Waals surface area contributed by atoms with Crippen LogP contribution in [0.25, 0.3) is 0 Å². The van der Waals surface area contributed by atoms with Gasteiger partial charge in [0.15, 0.2) is 0 Å². The van der Waals surface area contributed by atoms with Gasteiger partial charge in [-0.1, -0.05) is 13.0 Å². The van der Waals surface area contributed by atoms with Crippen molar-refractivity contribution in [3.05, 3.63) is 33.9 Å². The second-order valence-electron chi connectivity index (χ2n) is 5.46. The lowest BCUT2D eigenvalue weighted by Gasteiger charge is -2.19. The molecule has 1 unspecified atom stereocenters. The molecule has 1 aliphatic rings. The second kappa shape index (κ2) is 6.70. The highest BCUT2D eigenvalue weighted by molar-refractivity contribution is 5.55. The molecule has 0 radical (unpaired) electrons. The van der Waals surface area contributed by atoms with Crippen molar-refractivity contribution in [2.24, 2.45) is 0 Å².